The zero-order valence-electron chi connectivity index (χ0n) is 15.8. The van der Waals surface area contributed by atoms with E-state index in [-0.39, 0.29) is 29.4 Å². The molecule has 2 aromatic carbocycles. The maximum atomic E-state index is 12.6. The van der Waals surface area contributed by atoms with Crippen LogP contribution in [0, 0.1) is 0 Å². The molecule has 0 N–H and O–H groups in total. The van der Waals surface area contributed by atoms with Gasteiger partial charge in [-0.15, -0.1) is 0 Å². The van der Waals surface area contributed by atoms with Crippen LogP contribution in [0.25, 0.3) is 22.1 Å². The Kier molecular flexibility index (Phi) is 4.88. The fourth-order valence-corrected chi connectivity index (χ4v) is 2.82. The molecule has 1 aliphatic rings. The van der Waals surface area contributed by atoms with E-state index in [9.17, 15) is 14.4 Å². The monoisotopic (exact) mass is 414 g/mol. The van der Waals surface area contributed by atoms with Gasteiger partial charge in [-0.3, -0.25) is 0 Å². The van der Waals surface area contributed by atoms with Gasteiger partial charge in [-0.25, -0.2) is 14.4 Å². The van der Waals surface area contributed by atoms with Gasteiger partial charge in [-0.05, 0) is 29.8 Å². The molecule has 2 heterocycles. The Morgan fingerprint density at radius 3 is 2.23 bits per heavy atom. The number of carbonyl (C=O) groups is 2. The predicted octanol–water partition coefficient (Wildman–Crippen LogP) is 3.48. The molecule has 3 aromatic rings. The average Bonchev–Trinajstić information content (AvgIpc) is 3.21. The fourth-order valence-electron chi connectivity index (χ4n) is 2.82. The van der Waals surface area contributed by atoms with Crippen LogP contribution in [0.4, 0.5) is 9.59 Å². The maximum absolute atomic E-state index is 12.6. The number of rotatable bonds is 3. The summed E-state index contributed by atoms with van der Waals surface area (Å²) in [5.41, 5.74) is 0.249. The molecule has 0 radical (unpaired) electrons. The Hall–Kier alpha value is -4.21. The fraction of sp³-hybridized carbons (Fsp3) is 0.150. The summed E-state index contributed by atoms with van der Waals surface area (Å²) in [6.45, 7) is 0.0995. The Morgan fingerprint density at radius 1 is 0.867 bits per heavy atom. The zero-order chi connectivity index (χ0) is 21.3. The number of benzene rings is 2. The first-order valence-corrected chi connectivity index (χ1v) is 8.52. The SMILES string of the molecule is COC(=O)Oc1cc2cc(-c3ccc4c(c3)OCO4)c(=O)oc2cc1OC(=O)OC. The molecule has 4 rings (SSSR count). The van der Waals surface area contributed by atoms with Crippen LogP contribution in [-0.4, -0.2) is 33.3 Å². The molecule has 0 saturated heterocycles. The molecular formula is C20H14O10. The lowest BCUT2D eigenvalue weighted by molar-refractivity contribution is 0.111. The second kappa shape index (κ2) is 7.66. The molecule has 10 heteroatoms. The van der Waals surface area contributed by atoms with Crippen molar-refractivity contribution in [2.24, 2.45) is 0 Å². The predicted molar refractivity (Wildman–Crippen MR) is 100 cm³/mol. The molecule has 0 fully saturated rings. The first-order valence-electron chi connectivity index (χ1n) is 8.52. The van der Waals surface area contributed by atoms with Gasteiger partial charge in [-0.1, -0.05) is 6.07 Å². The largest absolute Gasteiger partial charge is 0.513 e. The molecule has 1 aliphatic heterocycles. The lowest BCUT2D eigenvalue weighted by Gasteiger charge is -2.11. The van der Waals surface area contributed by atoms with Crippen LogP contribution in [0.5, 0.6) is 23.0 Å². The molecule has 1 aromatic heterocycles. The van der Waals surface area contributed by atoms with Crippen molar-refractivity contribution in [2.45, 2.75) is 0 Å². The van der Waals surface area contributed by atoms with E-state index in [1.807, 2.05) is 0 Å². The molecule has 0 amide bonds. The van der Waals surface area contributed by atoms with Crippen molar-refractivity contribution in [3.05, 3.63) is 46.8 Å². The standard InChI is InChI=1S/C20H14O10/c1-24-19(22)29-16-7-11-5-12(10-3-4-13-15(6-10)27-9-26-13)18(21)28-14(11)8-17(16)30-20(23)25-2/h3-8H,9H2,1-2H3. The van der Waals surface area contributed by atoms with Crippen LogP contribution in [0.3, 0.4) is 0 Å². The molecule has 154 valence electrons. The number of ether oxygens (including phenoxy) is 6. The number of methoxy groups -OCH3 is 2. The Bertz CT molecular complexity index is 1210. The smallest absolute Gasteiger partial charge is 0.454 e. The molecule has 10 nitrogen and oxygen atoms in total. The van der Waals surface area contributed by atoms with Crippen LogP contribution in [0.1, 0.15) is 0 Å². The van der Waals surface area contributed by atoms with Gasteiger partial charge in [-0.2, -0.15) is 0 Å². The highest BCUT2D eigenvalue weighted by Gasteiger charge is 2.20. The highest BCUT2D eigenvalue weighted by molar-refractivity contribution is 5.86. The van der Waals surface area contributed by atoms with Gasteiger partial charge in [0.25, 0.3) is 0 Å². The summed E-state index contributed by atoms with van der Waals surface area (Å²) < 4.78 is 34.9. The molecule has 0 atom stereocenters. The first kappa shape index (κ1) is 19.1. The molecule has 30 heavy (non-hydrogen) atoms. The van der Waals surface area contributed by atoms with E-state index < -0.39 is 17.9 Å². The van der Waals surface area contributed by atoms with Crippen molar-refractivity contribution >= 4 is 23.3 Å². The van der Waals surface area contributed by atoms with E-state index >= 15 is 0 Å². The Balaban J connectivity index is 1.82. The van der Waals surface area contributed by atoms with E-state index in [1.165, 1.54) is 12.1 Å². The molecule has 0 aliphatic carbocycles. The second-order valence-electron chi connectivity index (χ2n) is 5.96. The molecule has 0 spiro atoms. The van der Waals surface area contributed by atoms with E-state index in [0.717, 1.165) is 14.2 Å². The van der Waals surface area contributed by atoms with E-state index in [2.05, 4.69) is 9.47 Å². The third-order valence-electron chi connectivity index (χ3n) is 4.20. The summed E-state index contributed by atoms with van der Waals surface area (Å²) >= 11 is 0. The lowest BCUT2D eigenvalue weighted by atomic mass is 10.1. The van der Waals surface area contributed by atoms with E-state index in [0.29, 0.717) is 22.4 Å². The summed E-state index contributed by atoms with van der Waals surface area (Å²) in [6.07, 6.45) is -2.08. The summed E-state index contributed by atoms with van der Waals surface area (Å²) in [5.74, 6) is 0.745. The average molecular weight is 414 g/mol. The minimum Gasteiger partial charge on any atom is -0.454 e. The summed E-state index contributed by atoms with van der Waals surface area (Å²) in [4.78, 5) is 35.6. The number of carbonyl (C=O) groups excluding carboxylic acids is 2. The van der Waals surface area contributed by atoms with Gasteiger partial charge in [0.05, 0.1) is 19.8 Å². The van der Waals surface area contributed by atoms with Crippen molar-refractivity contribution in [1.29, 1.82) is 0 Å². The van der Waals surface area contributed by atoms with Crippen LogP contribution >= 0.6 is 0 Å². The highest BCUT2D eigenvalue weighted by Crippen LogP contribution is 2.37. The maximum Gasteiger partial charge on any atom is 0.513 e. The molecule has 0 saturated carbocycles. The number of hydrogen-bond acceptors (Lipinski definition) is 10. The minimum absolute atomic E-state index is 0.0978. The van der Waals surface area contributed by atoms with Crippen molar-refractivity contribution in [3.8, 4) is 34.1 Å². The van der Waals surface area contributed by atoms with E-state index in [4.69, 9.17) is 23.4 Å². The van der Waals surface area contributed by atoms with Crippen molar-refractivity contribution in [2.75, 3.05) is 21.0 Å². The van der Waals surface area contributed by atoms with Gasteiger partial charge in [0.1, 0.15) is 5.58 Å². The van der Waals surface area contributed by atoms with Gasteiger partial charge < -0.3 is 32.8 Å². The molecule has 0 unspecified atom stereocenters. The first-order chi connectivity index (χ1) is 14.5. The lowest BCUT2D eigenvalue weighted by Crippen LogP contribution is -2.12. The highest BCUT2D eigenvalue weighted by atomic mass is 16.7. The van der Waals surface area contributed by atoms with Crippen LogP contribution < -0.4 is 24.6 Å². The minimum atomic E-state index is -1.05. The van der Waals surface area contributed by atoms with Crippen molar-refractivity contribution in [1.82, 2.24) is 0 Å². The van der Waals surface area contributed by atoms with E-state index in [1.54, 1.807) is 24.3 Å². The third-order valence-corrected chi connectivity index (χ3v) is 4.20. The molecule has 0 bridgehead atoms. The quantitative estimate of drug-likeness (QED) is 0.358. The van der Waals surface area contributed by atoms with Crippen molar-refractivity contribution < 1.29 is 42.4 Å². The van der Waals surface area contributed by atoms with Crippen molar-refractivity contribution in [3.63, 3.8) is 0 Å². The topological polar surface area (TPSA) is 120 Å². The number of hydrogen-bond donors (Lipinski definition) is 0. The third kappa shape index (κ3) is 3.58. The van der Waals surface area contributed by atoms with Gasteiger partial charge in [0.2, 0.25) is 6.79 Å². The Morgan fingerprint density at radius 2 is 1.53 bits per heavy atom. The van der Waals surface area contributed by atoms with Crippen LogP contribution in [-0.2, 0) is 9.47 Å². The Labute approximate surface area is 168 Å². The number of fused-ring (bicyclic) bond motifs is 2. The van der Waals surface area contributed by atoms with Crippen LogP contribution in [0.15, 0.2) is 45.6 Å². The zero-order valence-corrected chi connectivity index (χ0v) is 15.8. The van der Waals surface area contributed by atoms with Gasteiger partial charge in [0.15, 0.2) is 23.0 Å². The van der Waals surface area contributed by atoms with Gasteiger partial charge in [0, 0.05) is 11.5 Å². The summed E-state index contributed by atoms with van der Waals surface area (Å²) in [6, 6.07) is 9.16. The normalized spacial score (nSPS) is 11.8. The molecular weight excluding hydrogens is 400 g/mol. The van der Waals surface area contributed by atoms with Gasteiger partial charge >= 0.3 is 17.9 Å². The second-order valence-corrected chi connectivity index (χ2v) is 5.96. The summed E-state index contributed by atoms with van der Waals surface area (Å²) in [5, 5.41) is 0.401. The van der Waals surface area contributed by atoms with Crippen LogP contribution in [0.2, 0.25) is 0 Å². The summed E-state index contributed by atoms with van der Waals surface area (Å²) in [7, 11) is 2.24.